The Kier molecular flexibility index (Phi) is 4.62. The van der Waals surface area contributed by atoms with Crippen LogP contribution in [0.25, 0.3) is 0 Å². The maximum Gasteiger partial charge on any atom is 0.0250 e. The van der Waals surface area contributed by atoms with Crippen molar-refractivity contribution in [3.05, 3.63) is 0 Å². The molecule has 2 aliphatic heterocycles. The van der Waals surface area contributed by atoms with E-state index in [1.807, 2.05) is 0 Å². The third-order valence-corrected chi connectivity index (χ3v) is 4.33. The lowest BCUT2D eigenvalue weighted by Crippen LogP contribution is -2.42. The van der Waals surface area contributed by atoms with Gasteiger partial charge in [0.1, 0.15) is 0 Å². The summed E-state index contributed by atoms with van der Waals surface area (Å²) in [7, 11) is 0. The van der Waals surface area contributed by atoms with Crippen LogP contribution in [0.2, 0.25) is 0 Å². The van der Waals surface area contributed by atoms with E-state index in [9.17, 15) is 0 Å². The minimum atomic E-state index is 0.776. The first-order valence-corrected chi connectivity index (χ1v) is 7.05. The second-order valence-electron chi connectivity index (χ2n) is 5.12. The van der Waals surface area contributed by atoms with Crippen LogP contribution in [0.5, 0.6) is 0 Å². The predicted molar refractivity (Wildman–Crippen MR) is 68.8 cm³/mol. The Morgan fingerprint density at radius 3 is 2.75 bits per heavy atom. The molecule has 94 valence electrons. The standard InChI is InChI=1S/C13H27N3/c1-3-15(4-2)11-8-14-12-7-10-16-9-5-6-13(12)16/h12-14H,3-11H2,1-2H3. The number of rotatable bonds is 6. The van der Waals surface area contributed by atoms with Crippen LogP contribution in [0, 0.1) is 0 Å². The lowest BCUT2D eigenvalue weighted by Gasteiger charge is -2.23. The third-order valence-electron chi connectivity index (χ3n) is 4.33. The smallest absolute Gasteiger partial charge is 0.0250 e. The van der Waals surface area contributed by atoms with Crippen molar-refractivity contribution < 1.29 is 0 Å². The zero-order chi connectivity index (χ0) is 11.4. The maximum absolute atomic E-state index is 3.77. The third kappa shape index (κ3) is 2.76. The van der Waals surface area contributed by atoms with E-state index in [1.54, 1.807) is 0 Å². The van der Waals surface area contributed by atoms with Gasteiger partial charge in [-0.1, -0.05) is 13.8 Å². The topological polar surface area (TPSA) is 18.5 Å². The summed E-state index contributed by atoms with van der Waals surface area (Å²) in [5.74, 6) is 0. The molecule has 16 heavy (non-hydrogen) atoms. The number of hydrogen-bond acceptors (Lipinski definition) is 3. The second-order valence-corrected chi connectivity index (χ2v) is 5.12. The van der Waals surface area contributed by atoms with Crippen LogP contribution in [0.3, 0.4) is 0 Å². The monoisotopic (exact) mass is 225 g/mol. The quantitative estimate of drug-likeness (QED) is 0.732. The Labute approximate surface area is 100 Å². The summed E-state index contributed by atoms with van der Waals surface area (Å²) in [6, 6.07) is 1.63. The molecule has 3 nitrogen and oxygen atoms in total. The van der Waals surface area contributed by atoms with E-state index in [4.69, 9.17) is 0 Å². The molecule has 0 aromatic carbocycles. The molecule has 1 N–H and O–H groups in total. The summed E-state index contributed by atoms with van der Waals surface area (Å²) in [5.41, 5.74) is 0. The largest absolute Gasteiger partial charge is 0.311 e. The molecule has 2 aliphatic rings. The Hall–Kier alpha value is -0.120. The molecule has 2 rings (SSSR count). The fraction of sp³-hybridized carbons (Fsp3) is 1.00. The van der Waals surface area contributed by atoms with Crippen LogP contribution in [-0.2, 0) is 0 Å². The molecule has 2 heterocycles. The highest BCUT2D eigenvalue weighted by Crippen LogP contribution is 2.27. The summed E-state index contributed by atoms with van der Waals surface area (Å²) in [4.78, 5) is 5.17. The van der Waals surface area contributed by atoms with Crippen molar-refractivity contribution >= 4 is 0 Å². The molecule has 2 unspecified atom stereocenters. The second kappa shape index (κ2) is 5.99. The predicted octanol–water partition coefficient (Wildman–Crippen LogP) is 1.15. The molecule has 2 fully saturated rings. The molecule has 3 heteroatoms. The van der Waals surface area contributed by atoms with Crippen LogP contribution in [-0.4, -0.2) is 61.2 Å². The van der Waals surface area contributed by atoms with E-state index in [0.717, 1.165) is 18.6 Å². The molecule has 2 atom stereocenters. The SMILES string of the molecule is CCN(CC)CCNC1CCN2CCCC12. The van der Waals surface area contributed by atoms with Crippen LogP contribution in [0.1, 0.15) is 33.1 Å². The molecule has 0 aromatic heterocycles. The lowest BCUT2D eigenvalue weighted by atomic mass is 10.1. The number of fused-ring (bicyclic) bond motifs is 1. The summed E-state index contributed by atoms with van der Waals surface area (Å²) in [6.45, 7) is 11.9. The molecule has 0 aliphatic carbocycles. The van der Waals surface area contributed by atoms with Gasteiger partial charge in [-0.2, -0.15) is 0 Å². The Morgan fingerprint density at radius 2 is 2.00 bits per heavy atom. The van der Waals surface area contributed by atoms with Crippen LogP contribution < -0.4 is 5.32 Å². The van der Waals surface area contributed by atoms with E-state index >= 15 is 0 Å². The van der Waals surface area contributed by atoms with E-state index in [2.05, 4.69) is 29.0 Å². The minimum absolute atomic E-state index is 0.776. The van der Waals surface area contributed by atoms with Gasteiger partial charge in [-0.05, 0) is 38.9 Å². The van der Waals surface area contributed by atoms with Gasteiger partial charge >= 0.3 is 0 Å². The van der Waals surface area contributed by atoms with Crippen LogP contribution in [0.4, 0.5) is 0 Å². The molecular formula is C13H27N3. The van der Waals surface area contributed by atoms with Gasteiger partial charge in [0, 0.05) is 31.7 Å². The van der Waals surface area contributed by atoms with E-state index in [0.29, 0.717) is 0 Å². The van der Waals surface area contributed by atoms with Crippen LogP contribution >= 0.6 is 0 Å². The highest BCUT2D eigenvalue weighted by Gasteiger charge is 2.36. The van der Waals surface area contributed by atoms with E-state index < -0.39 is 0 Å². The summed E-state index contributed by atoms with van der Waals surface area (Å²) in [5, 5.41) is 3.77. The lowest BCUT2D eigenvalue weighted by molar-refractivity contribution is 0.274. The summed E-state index contributed by atoms with van der Waals surface area (Å²) >= 11 is 0. The van der Waals surface area contributed by atoms with Crippen molar-refractivity contribution in [3.63, 3.8) is 0 Å². The van der Waals surface area contributed by atoms with Crippen molar-refractivity contribution in [2.45, 2.75) is 45.2 Å². The van der Waals surface area contributed by atoms with E-state index in [-0.39, 0.29) is 0 Å². The van der Waals surface area contributed by atoms with Crippen molar-refractivity contribution in [3.8, 4) is 0 Å². The summed E-state index contributed by atoms with van der Waals surface area (Å²) < 4.78 is 0. The molecule has 2 saturated heterocycles. The highest BCUT2D eigenvalue weighted by atomic mass is 15.2. The Bertz CT molecular complexity index is 203. The highest BCUT2D eigenvalue weighted by molar-refractivity contribution is 4.95. The zero-order valence-electron chi connectivity index (χ0n) is 10.9. The molecule has 0 spiro atoms. The van der Waals surface area contributed by atoms with Gasteiger partial charge in [0.15, 0.2) is 0 Å². The first-order valence-electron chi connectivity index (χ1n) is 7.05. The van der Waals surface area contributed by atoms with Crippen molar-refractivity contribution in [1.29, 1.82) is 0 Å². The molecule has 0 amide bonds. The Balaban J connectivity index is 1.66. The van der Waals surface area contributed by atoms with Gasteiger partial charge in [0.2, 0.25) is 0 Å². The van der Waals surface area contributed by atoms with Gasteiger partial charge in [0.25, 0.3) is 0 Å². The number of likely N-dealkylation sites (N-methyl/N-ethyl adjacent to an activating group) is 1. The average Bonchev–Trinajstić information content (AvgIpc) is 2.88. The number of hydrogen-bond donors (Lipinski definition) is 1. The molecular weight excluding hydrogens is 198 g/mol. The zero-order valence-corrected chi connectivity index (χ0v) is 10.9. The van der Waals surface area contributed by atoms with Gasteiger partial charge in [0.05, 0.1) is 0 Å². The van der Waals surface area contributed by atoms with Gasteiger partial charge in [-0.3, -0.25) is 4.90 Å². The first-order chi connectivity index (χ1) is 7.85. The average molecular weight is 225 g/mol. The first kappa shape index (κ1) is 12.3. The van der Waals surface area contributed by atoms with Gasteiger partial charge in [-0.15, -0.1) is 0 Å². The number of nitrogens with zero attached hydrogens (tertiary/aromatic N) is 2. The van der Waals surface area contributed by atoms with Gasteiger partial charge in [-0.25, -0.2) is 0 Å². The van der Waals surface area contributed by atoms with Crippen molar-refractivity contribution in [1.82, 2.24) is 15.1 Å². The van der Waals surface area contributed by atoms with E-state index in [1.165, 1.54) is 52.0 Å². The molecule has 0 radical (unpaired) electrons. The van der Waals surface area contributed by atoms with Crippen molar-refractivity contribution in [2.24, 2.45) is 0 Å². The minimum Gasteiger partial charge on any atom is -0.311 e. The number of nitrogens with one attached hydrogen (secondary N) is 1. The fourth-order valence-corrected chi connectivity index (χ4v) is 3.27. The normalized spacial score (nSPS) is 30.2. The molecule has 0 bridgehead atoms. The summed E-state index contributed by atoms with van der Waals surface area (Å²) in [6.07, 6.45) is 4.20. The molecule has 0 saturated carbocycles. The maximum atomic E-state index is 3.77. The van der Waals surface area contributed by atoms with Crippen LogP contribution in [0.15, 0.2) is 0 Å². The molecule has 0 aromatic rings. The fourth-order valence-electron chi connectivity index (χ4n) is 3.27. The Morgan fingerprint density at radius 1 is 1.19 bits per heavy atom. The van der Waals surface area contributed by atoms with Crippen molar-refractivity contribution in [2.75, 3.05) is 39.3 Å². The van der Waals surface area contributed by atoms with Gasteiger partial charge < -0.3 is 10.2 Å².